The number of rotatable bonds is 3. The van der Waals surface area contributed by atoms with Gasteiger partial charge in [-0.2, -0.15) is 5.26 Å². The van der Waals surface area contributed by atoms with Gasteiger partial charge in [-0.1, -0.05) is 0 Å². The summed E-state index contributed by atoms with van der Waals surface area (Å²) in [6, 6.07) is 5.38. The summed E-state index contributed by atoms with van der Waals surface area (Å²) < 4.78 is 0. The standard InChI is InChI=1S/C12H12N4O3/c13-7-8-6-9(16(18)19)3-4-10(8)15-12(17)11-2-1-5-14-11/h3-4,6,11,14H,1-2,5H2,(H,15,17)/t11-/m1/s1. The summed E-state index contributed by atoms with van der Waals surface area (Å²) in [7, 11) is 0. The van der Waals surface area contributed by atoms with Gasteiger partial charge in [-0.25, -0.2) is 0 Å². The highest BCUT2D eigenvalue weighted by Crippen LogP contribution is 2.22. The number of amides is 1. The first-order chi connectivity index (χ1) is 9.11. The first-order valence-corrected chi connectivity index (χ1v) is 5.84. The summed E-state index contributed by atoms with van der Waals surface area (Å²) >= 11 is 0. The van der Waals surface area contributed by atoms with Gasteiger partial charge in [-0.3, -0.25) is 14.9 Å². The van der Waals surface area contributed by atoms with Gasteiger partial charge < -0.3 is 10.6 Å². The van der Waals surface area contributed by atoms with Gasteiger partial charge in [0.05, 0.1) is 22.2 Å². The fraction of sp³-hybridized carbons (Fsp3) is 0.333. The second-order valence-corrected chi connectivity index (χ2v) is 4.24. The number of nitrogens with one attached hydrogen (secondary N) is 2. The lowest BCUT2D eigenvalue weighted by atomic mass is 10.1. The monoisotopic (exact) mass is 260 g/mol. The van der Waals surface area contributed by atoms with Crippen LogP contribution >= 0.6 is 0 Å². The Balaban J connectivity index is 2.18. The zero-order valence-corrected chi connectivity index (χ0v) is 10.0. The lowest BCUT2D eigenvalue weighted by Gasteiger charge is -2.11. The Bertz CT molecular complexity index is 559. The predicted molar refractivity (Wildman–Crippen MR) is 67.5 cm³/mol. The first-order valence-electron chi connectivity index (χ1n) is 5.84. The molecule has 1 aromatic carbocycles. The number of non-ortho nitro benzene ring substituents is 1. The van der Waals surface area contributed by atoms with E-state index in [4.69, 9.17) is 5.26 Å². The van der Waals surface area contributed by atoms with E-state index in [1.165, 1.54) is 12.1 Å². The Labute approximate surface area is 109 Å². The van der Waals surface area contributed by atoms with E-state index in [9.17, 15) is 14.9 Å². The van der Waals surface area contributed by atoms with Crippen molar-refractivity contribution < 1.29 is 9.72 Å². The van der Waals surface area contributed by atoms with Crippen LogP contribution in [-0.4, -0.2) is 23.4 Å². The van der Waals surface area contributed by atoms with Gasteiger partial charge in [-0.15, -0.1) is 0 Å². The van der Waals surface area contributed by atoms with Crippen LogP contribution in [0.4, 0.5) is 11.4 Å². The molecule has 0 aliphatic carbocycles. The van der Waals surface area contributed by atoms with Crippen molar-refractivity contribution >= 4 is 17.3 Å². The second-order valence-electron chi connectivity index (χ2n) is 4.24. The average molecular weight is 260 g/mol. The lowest BCUT2D eigenvalue weighted by Crippen LogP contribution is -2.35. The third-order valence-electron chi connectivity index (χ3n) is 2.97. The van der Waals surface area contributed by atoms with E-state index in [2.05, 4.69) is 10.6 Å². The van der Waals surface area contributed by atoms with Crippen LogP contribution in [0.2, 0.25) is 0 Å². The second kappa shape index (κ2) is 5.46. The molecular formula is C12H12N4O3. The van der Waals surface area contributed by atoms with E-state index in [1.807, 2.05) is 6.07 Å². The largest absolute Gasteiger partial charge is 0.324 e. The number of nitrogens with zero attached hydrogens (tertiary/aromatic N) is 2. The van der Waals surface area contributed by atoms with Gasteiger partial charge in [0.1, 0.15) is 6.07 Å². The molecule has 1 fully saturated rings. The van der Waals surface area contributed by atoms with Crippen molar-refractivity contribution in [2.45, 2.75) is 18.9 Å². The number of nitro benzene ring substituents is 1. The molecule has 0 unspecified atom stereocenters. The molecule has 98 valence electrons. The smallest absolute Gasteiger partial charge is 0.270 e. The maximum atomic E-state index is 11.9. The molecule has 19 heavy (non-hydrogen) atoms. The molecule has 1 aromatic rings. The first kappa shape index (κ1) is 13.0. The molecule has 1 atom stereocenters. The maximum absolute atomic E-state index is 11.9. The minimum absolute atomic E-state index is 0.0838. The van der Waals surface area contributed by atoms with Crippen molar-refractivity contribution in [3.05, 3.63) is 33.9 Å². The van der Waals surface area contributed by atoms with Crippen molar-refractivity contribution in [1.29, 1.82) is 5.26 Å². The van der Waals surface area contributed by atoms with Gasteiger partial charge in [0.15, 0.2) is 0 Å². The molecule has 2 rings (SSSR count). The van der Waals surface area contributed by atoms with Crippen LogP contribution in [0.3, 0.4) is 0 Å². The molecule has 1 heterocycles. The van der Waals surface area contributed by atoms with E-state index in [0.29, 0.717) is 5.69 Å². The number of nitriles is 1. The Morgan fingerprint density at radius 3 is 2.95 bits per heavy atom. The van der Waals surface area contributed by atoms with Crippen molar-refractivity contribution in [3.63, 3.8) is 0 Å². The molecule has 0 bridgehead atoms. The van der Waals surface area contributed by atoms with E-state index < -0.39 is 4.92 Å². The van der Waals surface area contributed by atoms with Crippen LogP contribution in [0.1, 0.15) is 18.4 Å². The number of carbonyl (C=O) groups is 1. The van der Waals surface area contributed by atoms with Crippen LogP contribution in [0.15, 0.2) is 18.2 Å². The van der Waals surface area contributed by atoms with Crippen LogP contribution in [0.5, 0.6) is 0 Å². The number of benzene rings is 1. The Hall–Kier alpha value is -2.46. The molecule has 2 N–H and O–H groups in total. The third-order valence-corrected chi connectivity index (χ3v) is 2.97. The lowest BCUT2D eigenvalue weighted by molar-refractivity contribution is -0.384. The topological polar surface area (TPSA) is 108 Å². The minimum Gasteiger partial charge on any atom is -0.324 e. The van der Waals surface area contributed by atoms with Crippen LogP contribution < -0.4 is 10.6 Å². The summed E-state index contributed by atoms with van der Waals surface area (Å²) in [4.78, 5) is 21.9. The molecule has 0 saturated carbocycles. The normalized spacial score (nSPS) is 17.7. The highest BCUT2D eigenvalue weighted by Gasteiger charge is 2.23. The molecule has 1 aliphatic heterocycles. The van der Waals surface area contributed by atoms with Gasteiger partial charge >= 0.3 is 0 Å². The zero-order valence-electron chi connectivity index (χ0n) is 10.0. The molecule has 1 amide bonds. The van der Waals surface area contributed by atoms with E-state index in [0.717, 1.165) is 25.5 Å². The zero-order chi connectivity index (χ0) is 13.8. The molecule has 1 saturated heterocycles. The summed E-state index contributed by atoms with van der Waals surface area (Å²) in [6.07, 6.45) is 1.68. The van der Waals surface area contributed by atoms with Gasteiger partial charge in [0, 0.05) is 12.1 Å². The quantitative estimate of drug-likeness (QED) is 0.626. The Morgan fingerprint density at radius 2 is 2.37 bits per heavy atom. The molecule has 1 aliphatic rings. The average Bonchev–Trinajstić information content (AvgIpc) is 2.92. The minimum atomic E-state index is -0.578. The number of hydrogen-bond donors (Lipinski definition) is 2. The number of anilines is 1. The summed E-state index contributed by atoms with van der Waals surface area (Å²) in [5.74, 6) is -0.220. The van der Waals surface area contributed by atoms with Crippen LogP contribution in [0, 0.1) is 21.4 Å². The fourth-order valence-electron chi connectivity index (χ4n) is 1.98. The number of hydrogen-bond acceptors (Lipinski definition) is 5. The molecule has 0 aromatic heterocycles. The Kier molecular flexibility index (Phi) is 3.73. The van der Waals surface area contributed by atoms with Crippen molar-refractivity contribution in [2.75, 3.05) is 11.9 Å². The van der Waals surface area contributed by atoms with Crippen LogP contribution in [0.25, 0.3) is 0 Å². The summed E-state index contributed by atoms with van der Waals surface area (Å²) in [5.41, 5.74) is 0.209. The summed E-state index contributed by atoms with van der Waals surface area (Å²) in [6.45, 7) is 0.795. The molecule has 7 nitrogen and oxygen atoms in total. The SMILES string of the molecule is N#Cc1cc([N+](=O)[O-])ccc1NC(=O)[C@H]1CCCN1. The third kappa shape index (κ3) is 2.86. The molecule has 7 heteroatoms. The number of nitro groups is 1. The van der Waals surface area contributed by atoms with Gasteiger partial charge in [0.25, 0.3) is 5.69 Å². The summed E-state index contributed by atoms with van der Waals surface area (Å²) in [5, 5.41) is 25.2. The predicted octanol–water partition coefficient (Wildman–Crippen LogP) is 1.16. The highest BCUT2D eigenvalue weighted by atomic mass is 16.6. The van der Waals surface area contributed by atoms with Gasteiger partial charge in [0.2, 0.25) is 5.91 Å². The maximum Gasteiger partial charge on any atom is 0.270 e. The van der Waals surface area contributed by atoms with E-state index >= 15 is 0 Å². The Morgan fingerprint density at radius 1 is 1.58 bits per heavy atom. The van der Waals surface area contributed by atoms with E-state index in [1.54, 1.807) is 0 Å². The molecular weight excluding hydrogens is 248 g/mol. The van der Waals surface area contributed by atoms with Crippen molar-refractivity contribution in [3.8, 4) is 6.07 Å². The fourth-order valence-corrected chi connectivity index (χ4v) is 1.98. The van der Waals surface area contributed by atoms with Crippen LogP contribution in [-0.2, 0) is 4.79 Å². The van der Waals surface area contributed by atoms with Crippen molar-refractivity contribution in [2.24, 2.45) is 0 Å². The number of carbonyl (C=O) groups excluding carboxylic acids is 1. The van der Waals surface area contributed by atoms with Crippen molar-refractivity contribution in [1.82, 2.24) is 5.32 Å². The highest BCUT2D eigenvalue weighted by molar-refractivity contribution is 5.96. The van der Waals surface area contributed by atoms with Gasteiger partial charge in [-0.05, 0) is 25.5 Å². The molecule has 0 spiro atoms. The molecule has 0 radical (unpaired) electrons. The van der Waals surface area contributed by atoms with E-state index in [-0.39, 0.29) is 23.2 Å².